The first-order chi connectivity index (χ1) is 12.6. The van der Waals surface area contributed by atoms with Crippen LogP contribution in [0.1, 0.15) is 16.7 Å². The van der Waals surface area contributed by atoms with Gasteiger partial charge in [-0.05, 0) is 35.4 Å². The van der Waals surface area contributed by atoms with Crippen molar-refractivity contribution in [3.05, 3.63) is 70.2 Å². The maximum Gasteiger partial charge on any atom is 0.253 e. The van der Waals surface area contributed by atoms with Crippen LogP contribution in [-0.2, 0) is 13.2 Å². The normalized spacial score (nSPS) is 10.3. The van der Waals surface area contributed by atoms with Crippen LogP contribution in [-0.4, -0.2) is 16.9 Å². The molecule has 26 heavy (non-hydrogen) atoms. The maximum absolute atomic E-state index is 9.38. The third kappa shape index (κ3) is 3.90. The number of nitrogen functional groups attached to an aromatic ring is 1. The summed E-state index contributed by atoms with van der Waals surface area (Å²) in [5, 5.41) is 14.4. The quantitative estimate of drug-likeness (QED) is 0.718. The van der Waals surface area contributed by atoms with Gasteiger partial charge in [-0.15, -0.1) is 5.10 Å². The highest BCUT2D eigenvalue weighted by Gasteiger charge is 2.17. The minimum Gasteiger partial charge on any atom is -0.497 e. The third-order valence-electron chi connectivity index (χ3n) is 3.85. The second kappa shape index (κ2) is 7.81. The number of halogens is 1. The predicted octanol–water partition coefficient (Wildman–Crippen LogP) is 3.63. The van der Waals surface area contributed by atoms with Crippen molar-refractivity contribution in [3.8, 4) is 17.7 Å². The first kappa shape index (κ1) is 17.6. The van der Waals surface area contributed by atoms with Gasteiger partial charge >= 0.3 is 0 Å². The van der Waals surface area contributed by atoms with E-state index in [2.05, 4.69) is 11.2 Å². The van der Waals surface area contributed by atoms with E-state index >= 15 is 0 Å². The number of nitriles is 1. The second-order valence-electron chi connectivity index (χ2n) is 5.60. The first-order valence-corrected chi connectivity index (χ1v) is 8.25. The number of rotatable bonds is 6. The number of methoxy groups -OCH3 is 1. The van der Waals surface area contributed by atoms with E-state index in [0.29, 0.717) is 11.6 Å². The van der Waals surface area contributed by atoms with Gasteiger partial charge in [-0.3, -0.25) is 0 Å². The van der Waals surface area contributed by atoms with Crippen LogP contribution >= 0.6 is 11.6 Å². The SMILES string of the molecule is COc1ccc(Cn2nc(OCc3ccc(Cl)cc3)c(C#N)c2N)cc1. The van der Waals surface area contributed by atoms with E-state index in [-0.39, 0.29) is 23.9 Å². The molecule has 0 unspecified atom stereocenters. The number of benzene rings is 2. The highest BCUT2D eigenvalue weighted by atomic mass is 35.5. The van der Waals surface area contributed by atoms with Gasteiger partial charge in [0.05, 0.1) is 13.7 Å². The number of nitrogens with zero attached hydrogens (tertiary/aromatic N) is 3. The van der Waals surface area contributed by atoms with Crippen molar-refractivity contribution < 1.29 is 9.47 Å². The fourth-order valence-electron chi connectivity index (χ4n) is 2.41. The summed E-state index contributed by atoms with van der Waals surface area (Å²) in [4.78, 5) is 0. The second-order valence-corrected chi connectivity index (χ2v) is 6.03. The molecule has 0 saturated carbocycles. The van der Waals surface area contributed by atoms with E-state index in [0.717, 1.165) is 16.9 Å². The van der Waals surface area contributed by atoms with Crippen molar-refractivity contribution in [2.24, 2.45) is 0 Å². The van der Waals surface area contributed by atoms with Crippen molar-refractivity contribution in [1.29, 1.82) is 5.26 Å². The molecule has 7 heteroatoms. The molecule has 0 fully saturated rings. The van der Waals surface area contributed by atoms with E-state index in [1.54, 1.807) is 23.9 Å². The summed E-state index contributed by atoms with van der Waals surface area (Å²) < 4.78 is 12.4. The zero-order valence-electron chi connectivity index (χ0n) is 14.1. The lowest BCUT2D eigenvalue weighted by atomic mass is 10.2. The van der Waals surface area contributed by atoms with Gasteiger partial charge < -0.3 is 15.2 Å². The van der Waals surface area contributed by atoms with Crippen molar-refractivity contribution >= 4 is 17.4 Å². The van der Waals surface area contributed by atoms with Gasteiger partial charge in [0.25, 0.3) is 5.88 Å². The van der Waals surface area contributed by atoms with E-state index in [1.165, 1.54) is 0 Å². The van der Waals surface area contributed by atoms with Gasteiger partial charge in [0.1, 0.15) is 24.2 Å². The van der Waals surface area contributed by atoms with E-state index < -0.39 is 0 Å². The Labute approximate surface area is 156 Å². The van der Waals surface area contributed by atoms with Crippen LogP contribution in [0.3, 0.4) is 0 Å². The Morgan fingerprint density at radius 2 is 1.77 bits per heavy atom. The lowest BCUT2D eigenvalue weighted by molar-refractivity contribution is 0.289. The van der Waals surface area contributed by atoms with E-state index in [1.807, 2.05) is 36.4 Å². The number of aromatic nitrogens is 2. The lowest BCUT2D eigenvalue weighted by Crippen LogP contribution is -2.06. The Morgan fingerprint density at radius 3 is 2.38 bits per heavy atom. The Kier molecular flexibility index (Phi) is 5.30. The number of ether oxygens (including phenoxy) is 2. The van der Waals surface area contributed by atoms with Gasteiger partial charge in [0.2, 0.25) is 0 Å². The molecule has 0 aliphatic heterocycles. The highest BCUT2D eigenvalue weighted by molar-refractivity contribution is 6.30. The summed E-state index contributed by atoms with van der Waals surface area (Å²) in [6, 6.07) is 16.9. The van der Waals surface area contributed by atoms with Crippen LogP contribution in [0.15, 0.2) is 48.5 Å². The molecule has 0 bridgehead atoms. The Morgan fingerprint density at radius 1 is 1.12 bits per heavy atom. The summed E-state index contributed by atoms with van der Waals surface area (Å²) >= 11 is 5.87. The van der Waals surface area contributed by atoms with Gasteiger partial charge in [0, 0.05) is 5.02 Å². The van der Waals surface area contributed by atoms with Crippen molar-refractivity contribution in [2.45, 2.75) is 13.2 Å². The maximum atomic E-state index is 9.38. The molecule has 0 amide bonds. The number of nitrogens with two attached hydrogens (primary N) is 1. The highest BCUT2D eigenvalue weighted by Crippen LogP contribution is 2.25. The number of hydrogen-bond acceptors (Lipinski definition) is 5. The molecule has 1 heterocycles. The van der Waals surface area contributed by atoms with Gasteiger partial charge in [-0.1, -0.05) is 35.9 Å². The van der Waals surface area contributed by atoms with E-state index in [4.69, 9.17) is 26.8 Å². The van der Waals surface area contributed by atoms with Crippen molar-refractivity contribution in [2.75, 3.05) is 12.8 Å². The minimum absolute atomic E-state index is 0.216. The minimum atomic E-state index is 0.216. The fraction of sp³-hybridized carbons (Fsp3) is 0.158. The molecule has 3 aromatic rings. The molecule has 0 saturated heterocycles. The van der Waals surface area contributed by atoms with Crippen LogP contribution in [0.2, 0.25) is 5.02 Å². The number of hydrogen-bond donors (Lipinski definition) is 1. The van der Waals surface area contributed by atoms with Gasteiger partial charge in [0.15, 0.2) is 5.56 Å². The molecule has 3 rings (SSSR count). The molecule has 0 radical (unpaired) electrons. The predicted molar refractivity (Wildman–Crippen MR) is 99.2 cm³/mol. The van der Waals surface area contributed by atoms with Gasteiger partial charge in [-0.25, -0.2) is 4.68 Å². The van der Waals surface area contributed by atoms with Crippen LogP contribution in [0.4, 0.5) is 5.82 Å². The molecule has 0 aliphatic carbocycles. The summed E-state index contributed by atoms with van der Waals surface area (Å²) in [7, 11) is 1.62. The molecule has 2 N–H and O–H groups in total. The Bertz CT molecular complexity index is 928. The first-order valence-electron chi connectivity index (χ1n) is 7.87. The zero-order valence-corrected chi connectivity index (χ0v) is 14.9. The molecular formula is C19H17ClN4O2. The Balaban J connectivity index is 1.77. The van der Waals surface area contributed by atoms with Crippen molar-refractivity contribution in [3.63, 3.8) is 0 Å². The van der Waals surface area contributed by atoms with E-state index in [9.17, 15) is 5.26 Å². The summed E-state index contributed by atoms with van der Waals surface area (Å²) in [6.07, 6.45) is 0. The van der Waals surface area contributed by atoms with Crippen LogP contribution in [0.5, 0.6) is 11.6 Å². The average molecular weight is 369 g/mol. The molecule has 0 spiro atoms. The number of anilines is 1. The summed E-state index contributed by atoms with van der Waals surface area (Å²) in [5.41, 5.74) is 8.19. The molecular weight excluding hydrogens is 352 g/mol. The molecule has 0 aliphatic rings. The lowest BCUT2D eigenvalue weighted by Gasteiger charge is -2.05. The molecule has 2 aromatic carbocycles. The van der Waals surface area contributed by atoms with Crippen LogP contribution in [0, 0.1) is 11.3 Å². The summed E-state index contributed by atoms with van der Waals surface area (Å²) in [5.74, 6) is 1.26. The third-order valence-corrected chi connectivity index (χ3v) is 4.10. The monoisotopic (exact) mass is 368 g/mol. The zero-order chi connectivity index (χ0) is 18.5. The molecule has 0 atom stereocenters. The smallest absolute Gasteiger partial charge is 0.253 e. The van der Waals surface area contributed by atoms with Crippen LogP contribution < -0.4 is 15.2 Å². The summed E-state index contributed by atoms with van der Waals surface area (Å²) in [6.45, 7) is 0.694. The Hall–Kier alpha value is -3.17. The standard InChI is InChI=1S/C19H17ClN4O2/c1-25-16-8-4-13(5-9-16)11-24-18(22)17(10-21)19(23-24)26-12-14-2-6-15(20)7-3-14/h2-9H,11-12,22H2,1H3. The van der Waals surface area contributed by atoms with Crippen molar-refractivity contribution in [1.82, 2.24) is 9.78 Å². The molecule has 132 valence electrons. The van der Waals surface area contributed by atoms with Gasteiger partial charge in [-0.2, -0.15) is 5.26 Å². The molecule has 6 nitrogen and oxygen atoms in total. The van der Waals surface area contributed by atoms with Crippen LogP contribution in [0.25, 0.3) is 0 Å². The average Bonchev–Trinajstić information content (AvgIpc) is 2.96. The largest absolute Gasteiger partial charge is 0.497 e. The molecule has 1 aromatic heterocycles. The topological polar surface area (TPSA) is 86.1 Å². The fourth-order valence-corrected chi connectivity index (χ4v) is 2.54.